The van der Waals surface area contributed by atoms with Gasteiger partial charge in [0.1, 0.15) is 0 Å². The maximum atomic E-state index is 4.83. The summed E-state index contributed by atoms with van der Waals surface area (Å²) in [6.45, 7) is 0. The van der Waals surface area contributed by atoms with Crippen LogP contribution in [0, 0.1) is 0 Å². The average molecular weight is 365 g/mol. The Labute approximate surface area is 161 Å². The molecule has 0 aliphatic carbocycles. The standard InChI is InChI=1S/C23H15N3S/c1-2-10-22-16(7-1)15-23(27-22)17-13-20(18-8-3-5-11-24-18)26-21(14-17)19-9-4-6-12-25-19/h1-15H. The van der Waals surface area contributed by atoms with Crippen molar-refractivity contribution in [1.82, 2.24) is 15.0 Å². The van der Waals surface area contributed by atoms with Crippen molar-refractivity contribution >= 4 is 21.4 Å². The number of fused-ring (bicyclic) bond motifs is 1. The molecule has 0 bridgehead atoms. The summed E-state index contributed by atoms with van der Waals surface area (Å²) in [5.41, 5.74) is 4.56. The quantitative estimate of drug-likeness (QED) is 0.388. The van der Waals surface area contributed by atoms with Gasteiger partial charge in [0, 0.05) is 22.0 Å². The van der Waals surface area contributed by atoms with Crippen LogP contribution in [0.25, 0.3) is 43.3 Å². The number of thiophene rings is 1. The number of benzene rings is 1. The van der Waals surface area contributed by atoms with Crippen molar-refractivity contribution in [2.45, 2.75) is 0 Å². The summed E-state index contributed by atoms with van der Waals surface area (Å²) in [4.78, 5) is 15.0. The van der Waals surface area contributed by atoms with Gasteiger partial charge >= 0.3 is 0 Å². The third-order valence-electron chi connectivity index (χ3n) is 4.39. The van der Waals surface area contributed by atoms with Crippen molar-refractivity contribution in [2.24, 2.45) is 0 Å². The third kappa shape index (κ3) is 3.11. The zero-order valence-corrected chi connectivity index (χ0v) is 15.2. The summed E-state index contributed by atoms with van der Waals surface area (Å²) in [5, 5.41) is 1.26. The molecule has 0 saturated heterocycles. The van der Waals surface area contributed by atoms with Gasteiger partial charge in [0.15, 0.2) is 0 Å². The Kier molecular flexibility index (Phi) is 3.96. The Morgan fingerprint density at radius 3 is 1.81 bits per heavy atom. The van der Waals surface area contributed by atoms with Gasteiger partial charge in [-0.1, -0.05) is 30.3 Å². The number of nitrogens with zero attached hydrogens (tertiary/aromatic N) is 3. The van der Waals surface area contributed by atoms with Crippen molar-refractivity contribution in [1.29, 1.82) is 0 Å². The molecule has 4 heteroatoms. The first-order valence-electron chi connectivity index (χ1n) is 8.71. The molecule has 0 spiro atoms. The van der Waals surface area contributed by atoms with E-state index in [2.05, 4.69) is 52.4 Å². The lowest BCUT2D eigenvalue weighted by atomic mass is 10.1. The Morgan fingerprint density at radius 2 is 1.22 bits per heavy atom. The van der Waals surface area contributed by atoms with Crippen molar-refractivity contribution < 1.29 is 0 Å². The predicted octanol–water partition coefficient (Wildman–Crippen LogP) is 6.09. The second-order valence-corrected chi connectivity index (χ2v) is 7.29. The molecule has 0 atom stereocenters. The van der Waals surface area contributed by atoms with Gasteiger partial charge in [-0.15, -0.1) is 11.3 Å². The summed E-state index contributed by atoms with van der Waals surface area (Å²) >= 11 is 1.79. The van der Waals surface area contributed by atoms with Crippen LogP contribution in [0.5, 0.6) is 0 Å². The molecule has 1 aromatic carbocycles. The van der Waals surface area contributed by atoms with E-state index in [9.17, 15) is 0 Å². The van der Waals surface area contributed by atoms with Gasteiger partial charge in [0.05, 0.1) is 22.8 Å². The molecule has 0 saturated carbocycles. The van der Waals surface area contributed by atoms with Crippen molar-refractivity contribution in [3.05, 3.63) is 91.3 Å². The Morgan fingerprint density at radius 1 is 0.593 bits per heavy atom. The normalized spacial score (nSPS) is 11.0. The van der Waals surface area contributed by atoms with E-state index in [-0.39, 0.29) is 0 Å². The largest absolute Gasteiger partial charge is 0.255 e. The summed E-state index contributed by atoms with van der Waals surface area (Å²) in [5.74, 6) is 0. The molecule has 0 N–H and O–H groups in total. The van der Waals surface area contributed by atoms with Crippen LogP contribution < -0.4 is 0 Å². The summed E-state index contributed by atoms with van der Waals surface area (Å²) < 4.78 is 1.28. The Balaban J connectivity index is 1.72. The van der Waals surface area contributed by atoms with E-state index < -0.39 is 0 Å². The van der Waals surface area contributed by atoms with Gasteiger partial charge < -0.3 is 0 Å². The lowest BCUT2D eigenvalue weighted by Gasteiger charge is -2.08. The van der Waals surface area contributed by atoms with Crippen LogP contribution in [0.4, 0.5) is 0 Å². The van der Waals surface area contributed by atoms with Crippen LogP contribution in [0.3, 0.4) is 0 Å². The van der Waals surface area contributed by atoms with Crippen molar-refractivity contribution in [2.75, 3.05) is 0 Å². The van der Waals surface area contributed by atoms with Gasteiger partial charge in [0.25, 0.3) is 0 Å². The van der Waals surface area contributed by atoms with Crippen LogP contribution in [0.1, 0.15) is 0 Å². The highest BCUT2D eigenvalue weighted by molar-refractivity contribution is 7.22. The fraction of sp³-hybridized carbons (Fsp3) is 0. The van der Waals surface area contributed by atoms with E-state index >= 15 is 0 Å². The van der Waals surface area contributed by atoms with Gasteiger partial charge in [0.2, 0.25) is 0 Å². The molecule has 0 aliphatic heterocycles. The van der Waals surface area contributed by atoms with Crippen molar-refractivity contribution in [3.8, 4) is 33.2 Å². The Bertz CT molecular complexity index is 1120. The monoisotopic (exact) mass is 365 g/mol. The van der Waals surface area contributed by atoms with Gasteiger partial charge in [-0.2, -0.15) is 0 Å². The molecule has 0 amide bonds. The number of pyridine rings is 3. The number of aromatic nitrogens is 3. The highest BCUT2D eigenvalue weighted by Gasteiger charge is 2.12. The summed E-state index contributed by atoms with van der Waals surface area (Å²) in [6, 6.07) is 26.7. The van der Waals surface area contributed by atoms with E-state index in [1.54, 1.807) is 23.7 Å². The number of hydrogen-bond donors (Lipinski definition) is 0. The minimum absolute atomic E-state index is 0.853. The second kappa shape index (κ2) is 6.74. The SMILES string of the molecule is c1ccc(-c2cc(-c3cc4ccccc4s3)cc(-c3ccccn3)n2)nc1. The number of hydrogen-bond acceptors (Lipinski definition) is 4. The summed E-state index contributed by atoms with van der Waals surface area (Å²) in [7, 11) is 0. The summed E-state index contributed by atoms with van der Waals surface area (Å²) in [6.07, 6.45) is 3.59. The molecule has 3 nitrogen and oxygen atoms in total. The van der Waals surface area contributed by atoms with E-state index in [1.165, 1.54) is 15.0 Å². The zero-order chi connectivity index (χ0) is 18.1. The zero-order valence-electron chi connectivity index (χ0n) is 14.4. The second-order valence-electron chi connectivity index (χ2n) is 6.20. The van der Waals surface area contributed by atoms with Crippen LogP contribution in [0.2, 0.25) is 0 Å². The maximum absolute atomic E-state index is 4.83. The first kappa shape index (κ1) is 15.9. The maximum Gasteiger partial charge on any atom is 0.0900 e. The molecule has 4 heterocycles. The first-order chi connectivity index (χ1) is 13.4. The highest BCUT2D eigenvalue weighted by Crippen LogP contribution is 2.36. The van der Waals surface area contributed by atoms with Crippen LogP contribution in [0.15, 0.2) is 91.3 Å². The molecule has 27 heavy (non-hydrogen) atoms. The van der Waals surface area contributed by atoms with E-state index in [4.69, 9.17) is 4.98 Å². The van der Waals surface area contributed by atoms with Crippen LogP contribution in [-0.4, -0.2) is 15.0 Å². The molecule has 0 aliphatic rings. The molecular weight excluding hydrogens is 350 g/mol. The molecule has 0 fully saturated rings. The molecule has 0 unspecified atom stereocenters. The van der Waals surface area contributed by atoms with Crippen LogP contribution in [-0.2, 0) is 0 Å². The molecule has 0 radical (unpaired) electrons. The lowest BCUT2D eigenvalue weighted by molar-refractivity contribution is 1.22. The fourth-order valence-electron chi connectivity index (χ4n) is 3.09. The smallest absolute Gasteiger partial charge is 0.0900 e. The van der Waals surface area contributed by atoms with Gasteiger partial charge in [-0.25, -0.2) is 4.98 Å². The molecule has 5 rings (SSSR count). The topological polar surface area (TPSA) is 38.7 Å². The average Bonchev–Trinajstić information content (AvgIpc) is 3.19. The molecule has 128 valence electrons. The van der Waals surface area contributed by atoms with E-state index in [0.29, 0.717) is 0 Å². The van der Waals surface area contributed by atoms with Gasteiger partial charge in [-0.05, 0) is 59.5 Å². The predicted molar refractivity (Wildman–Crippen MR) is 112 cm³/mol. The number of rotatable bonds is 3. The fourth-order valence-corrected chi connectivity index (χ4v) is 4.14. The van der Waals surface area contributed by atoms with E-state index in [1.807, 2.05) is 36.4 Å². The first-order valence-corrected chi connectivity index (χ1v) is 9.52. The molecule has 4 aromatic heterocycles. The minimum atomic E-state index is 0.853. The van der Waals surface area contributed by atoms with Crippen LogP contribution >= 0.6 is 11.3 Å². The minimum Gasteiger partial charge on any atom is -0.255 e. The molecular formula is C23H15N3S. The Hall–Kier alpha value is -3.37. The third-order valence-corrected chi connectivity index (χ3v) is 5.56. The lowest BCUT2D eigenvalue weighted by Crippen LogP contribution is -1.93. The van der Waals surface area contributed by atoms with Crippen molar-refractivity contribution in [3.63, 3.8) is 0 Å². The molecule has 5 aromatic rings. The van der Waals surface area contributed by atoms with E-state index in [0.717, 1.165) is 28.3 Å². The highest BCUT2D eigenvalue weighted by atomic mass is 32.1. The van der Waals surface area contributed by atoms with Gasteiger partial charge in [-0.3, -0.25) is 9.97 Å².